The van der Waals surface area contributed by atoms with Crippen molar-refractivity contribution in [3.63, 3.8) is 0 Å². The standard InChI is InChI=1S/C12H28OSi/c1-5-14(6-2,7-3)10-8-9-12(4)11-13/h12-13H,5-11H2,1-4H3. The van der Waals surface area contributed by atoms with Gasteiger partial charge in [-0.05, 0) is 12.3 Å². The molecule has 0 aromatic heterocycles. The van der Waals surface area contributed by atoms with Crippen LogP contribution in [-0.2, 0) is 0 Å². The molecule has 2 heteroatoms. The SMILES string of the molecule is CC[Si](CC)(CC)CCCC(C)CO. The Balaban J connectivity index is 3.82. The van der Waals surface area contributed by atoms with Crippen molar-refractivity contribution in [3.05, 3.63) is 0 Å². The highest BCUT2D eigenvalue weighted by Crippen LogP contribution is 2.27. The zero-order valence-electron chi connectivity index (χ0n) is 10.5. The number of hydrogen-bond donors (Lipinski definition) is 1. The second kappa shape index (κ2) is 7.47. The summed E-state index contributed by atoms with van der Waals surface area (Å²) >= 11 is 0. The van der Waals surface area contributed by atoms with E-state index in [1.165, 1.54) is 37.0 Å². The molecule has 14 heavy (non-hydrogen) atoms. The van der Waals surface area contributed by atoms with E-state index in [4.69, 9.17) is 5.11 Å². The van der Waals surface area contributed by atoms with Crippen molar-refractivity contribution < 1.29 is 5.11 Å². The van der Waals surface area contributed by atoms with Gasteiger partial charge in [0.25, 0.3) is 0 Å². The molecule has 0 fully saturated rings. The van der Waals surface area contributed by atoms with Crippen LogP contribution in [0.5, 0.6) is 0 Å². The van der Waals surface area contributed by atoms with E-state index in [1.807, 2.05) is 0 Å². The van der Waals surface area contributed by atoms with E-state index in [1.54, 1.807) is 0 Å². The summed E-state index contributed by atoms with van der Waals surface area (Å²) in [5, 5.41) is 8.95. The molecule has 0 rings (SSSR count). The average Bonchev–Trinajstić information content (AvgIpc) is 2.25. The van der Waals surface area contributed by atoms with Gasteiger partial charge in [-0.15, -0.1) is 0 Å². The molecule has 1 N–H and O–H groups in total. The number of aliphatic hydroxyl groups is 1. The van der Waals surface area contributed by atoms with Crippen LogP contribution in [0.1, 0.15) is 40.5 Å². The van der Waals surface area contributed by atoms with E-state index in [9.17, 15) is 0 Å². The fourth-order valence-corrected chi connectivity index (χ4v) is 5.71. The van der Waals surface area contributed by atoms with Crippen molar-refractivity contribution in [2.75, 3.05) is 6.61 Å². The van der Waals surface area contributed by atoms with Gasteiger partial charge in [-0.25, -0.2) is 0 Å². The normalized spacial score (nSPS) is 14.4. The molecule has 0 aliphatic heterocycles. The Morgan fingerprint density at radius 1 is 1.07 bits per heavy atom. The Hall–Kier alpha value is 0.177. The maximum Gasteiger partial charge on any atom is 0.0527 e. The lowest BCUT2D eigenvalue weighted by Crippen LogP contribution is -2.30. The van der Waals surface area contributed by atoms with Crippen LogP contribution >= 0.6 is 0 Å². The summed E-state index contributed by atoms with van der Waals surface area (Å²) in [4.78, 5) is 0. The zero-order chi connectivity index (χ0) is 11.0. The first-order valence-electron chi connectivity index (χ1n) is 6.25. The van der Waals surface area contributed by atoms with Crippen molar-refractivity contribution in [1.82, 2.24) is 0 Å². The molecule has 0 saturated carbocycles. The molecule has 0 spiro atoms. The molecule has 1 atom stereocenters. The molecule has 0 bridgehead atoms. The molecular formula is C12H28OSi. The van der Waals surface area contributed by atoms with Gasteiger partial charge in [0.05, 0.1) is 8.07 Å². The number of aliphatic hydroxyl groups excluding tert-OH is 1. The second-order valence-corrected chi connectivity index (χ2v) is 10.4. The van der Waals surface area contributed by atoms with Gasteiger partial charge in [-0.1, -0.05) is 58.3 Å². The molecule has 0 aromatic rings. The topological polar surface area (TPSA) is 20.2 Å². The molecular weight excluding hydrogens is 188 g/mol. The lowest BCUT2D eigenvalue weighted by atomic mass is 10.1. The van der Waals surface area contributed by atoms with Crippen LogP contribution in [0.2, 0.25) is 24.2 Å². The van der Waals surface area contributed by atoms with Crippen LogP contribution in [0.3, 0.4) is 0 Å². The molecule has 0 aliphatic carbocycles. The Labute approximate surface area is 90.9 Å². The molecule has 0 heterocycles. The van der Waals surface area contributed by atoms with Crippen LogP contribution in [-0.4, -0.2) is 19.8 Å². The van der Waals surface area contributed by atoms with Crippen LogP contribution in [0, 0.1) is 5.92 Å². The predicted molar refractivity (Wildman–Crippen MR) is 67.5 cm³/mol. The fourth-order valence-electron chi connectivity index (χ4n) is 2.20. The Bertz CT molecular complexity index is 124. The second-order valence-electron chi connectivity index (χ2n) is 4.74. The monoisotopic (exact) mass is 216 g/mol. The molecule has 0 saturated heterocycles. The lowest BCUT2D eigenvalue weighted by Gasteiger charge is -2.28. The summed E-state index contributed by atoms with van der Waals surface area (Å²) in [5.74, 6) is 0.507. The average molecular weight is 216 g/mol. The number of hydrogen-bond acceptors (Lipinski definition) is 1. The quantitative estimate of drug-likeness (QED) is 0.610. The molecule has 0 aromatic carbocycles. The van der Waals surface area contributed by atoms with Gasteiger partial charge < -0.3 is 5.11 Å². The van der Waals surface area contributed by atoms with E-state index in [0.717, 1.165) is 0 Å². The van der Waals surface area contributed by atoms with E-state index in [2.05, 4.69) is 27.7 Å². The Morgan fingerprint density at radius 2 is 1.57 bits per heavy atom. The highest BCUT2D eigenvalue weighted by Gasteiger charge is 2.25. The minimum Gasteiger partial charge on any atom is -0.396 e. The van der Waals surface area contributed by atoms with Gasteiger partial charge in [0, 0.05) is 6.61 Å². The van der Waals surface area contributed by atoms with E-state index < -0.39 is 8.07 Å². The summed E-state index contributed by atoms with van der Waals surface area (Å²) in [7, 11) is -0.879. The molecule has 0 radical (unpaired) electrons. The van der Waals surface area contributed by atoms with Crippen molar-refractivity contribution in [3.8, 4) is 0 Å². The van der Waals surface area contributed by atoms with Gasteiger partial charge in [-0.2, -0.15) is 0 Å². The lowest BCUT2D eigenvalue weighted by molar-refractivity contribution is 0.229. The van der Waals surface area contributed by atoms with Crippen molar-refractivity contribution >= 4 is 8.07 Å². The van der Waals surface area contributed by atoms with Gasteiger partial charge in [-0.3, -0.25) is 0 Å². The van der Waals surface area contributed by atoms with Gasteiger partial charge >= 0.3 is 0 Å². The van der Waals surface area contributed by atoms with E-state index in [0.29, 0.717) is 12.5 Å². The highest BCUT2D eigenvalue weighted by atomic mass is 28.3. The number of rotatable bonds is 8. The maximum atomic E-state index is 8.95. The van der Waals surface area contributed by atoms with Crippen LogP contribution in [0.4, 0.5) is 0 Å². The molecule has 0 aliphatic rings. The summed E-state index contributed by atoms with van der Waals surface area (Å²) in [6.45, 7) is 9.62. The minimum absolute atomic E-state index is 0.360. The maximum absolute atomic E-state index is 8.95. The fraction of sp³-hybridized carbons (Fsp3) is 1.00. The third kappa shape index (κ3) is 4.60. The van der Waals surface area contributed by atoms with Gasteiger partial charge in [0.15, 0.2) is 0 Å². The molecule has 0 amide bonds. The smallest absolute Gasteiger partial charge is 0.0527 e. The van der Waals surface area contributed by atoms with E-state index >= 15 is 0 Å². The zero-order valence-corrected chi connectivity index (χ0v) is 11.5. The first-order valence-corrected chi connectivity index (χ1v) is 9.07. The Kier molecular flexibility index (Phi) is 7.56. The Morgan fingerprint density at radius 3 is 1.93 bits per heavy atom. The largest absolute Gasteiger partial charge is 0.396 e. The van der Waals surface area contributed by atoms with Gasteiger partial charge in [0.1, 0.15) is 0 Å². The van der Waals surface area contributed by atoms with Crippen molar-refractivity contribution in [2.45, 2.75) is 64.7 Å². The van der Waals surface area contributed by atoms with Crippen LogP contribution in [0.15, 0.2) is 0 Å². The van der Waals surface area contributed by atoms with Gasteiger partial charge in [0.2, 0.25) is 0 Å². The summed E-state index contributed by atoms with van der Waals surface area (Å²) in [6.07, 6.45) is 2.55. The molecule has 1 unspecified atom stereocenters. The van der Waals surface area contributed by atoms with Crippen LogP contribution < -0.4 is 0 Å². The minimum atomic E-state index is -0.879. The van der Waals surface area contributed by atoms with Crippen LogP contribution in [0.25, 0.3) is 0 Å². The third-order valence-electron chi connectivity index (χ3n) is 3.97. The summed E-state index contributed by atoms with van der Waals surface area (Å²) in [6, 6.07) is 5.79. The first kappa shape index (κ1) is 14.2. The predicted octanol–water partition coefficient (Wildman–Crippen LogP) is 3.90. The van der Waals surface area contributed by atoms with Crippen molar-refractivity contribution in [1.29, 1.82) is 0 Å². The molecule has 86 valence electrons. The third-order valence-corrected chi connectivity index (χ3v) is 9.88. The molecule has 1 nitrogen and oxygen atoms in total. The van der Waals surface area contributed by atoms with Crippen molar-refractivity contribution in [2.24, 2.45) is 5.92 Å². The van der Waals surface area contributed by atoms with E-state index in [-0.39, 0.29) is 0 Å². The highest BCUT2D eigenvalue weighted by molar-refractivity contribution is 6.79. The first-order chi connectivity index (χ1) is 6.64. The summed E-state index contributed by atoms with van der Waals surface area (Å²) < 4.78 is 0. The summed E-state index contributed by atoms with van der Waals surface area (Å²) in [5.41, 5.74) is 0.